The second-order valence-electron chi connectivity index (χ2n) is 6.50. The largest absolute Gasteiger partial charge is 0.479 e. The van der Waals surface area contributed by atoms with E-state index < -0.39 is 12.6 Å². The van der Waals surface area contributed by atoms with Gasteiger partial charge in [0.1, 0.15) is 11.5 Å². The highest BCUT2D eigenvalue weighted by Gasteiger charge is 2.16. The highest BCUT2D eigenvalue weighted by molar-refractivity contribution is 6.35. The van der Waals surface area contributed by atoms with E-state index in [-0.39, 0.29) is 5.88 Å². The van der Waals surface area contributed by atoms with Crippen molar-refractivity contribution in [2.75, 3.05) is 6.61 Å². The Morgan fingerprint density at radius 3 is 2.32 bits per heavy atom. The Morgan fingerprint density at radius 1 is 0.935 bits per heavy atom. The summed E-state index contributed by atoms with van der Waals surface area (Å²) in [5.41, 5.74) is 2.05. The highest BCUT2D eigenvalue weighted by Crippen LogP contribution is 2.33. The van der Waals surface area contributed by atoms with E-state index in [1.54, 1.807) is 28.9 Å². The van der Waals surface area contributed by atoms with Gasteiger partial charge < -0.3 is 14.6 Å². The van der Waals surface area contributed by atoms with Crippen LogP contribution in [0.1, 0.15) is 0 Å². The molecule has 0 fully saturated rings. The van der Waals surface area contributed by atoms with Gasteiger partial charge >= 0.3 is 5.97 Å². The summed E-state index contributed by atoms with van der Waals surface area (Å²) in [6.45, 7) is -0.505. The van der Waals surface area contributed by atoms with Crippen LogP contribution >= 0.6 is 23.2 Å². The zero-order valence-corrected chi connectivity index (χ0v) is 17.5. The first-order valence-corrected chi connectivity index (χ1v) is 9.98. The van der Waals surface area contributed by atoms with E-state index >= 15 is 0 Å². The van der Waals surface area contributed by atoms with Crippen molar-refractivity contribution in [3.63, 3.8) is 0 Å². The molecule has 0 bridgehead atoms. The number of rotatable bonds is 7. The van der Waals surface area contributed by atoms with E-state index in [2.05, 4.69) is 5.10 Å². The monoisotopic (exact) mass is 454 g/mol. The Labute approximate surface area is 188 Å². The predicted octanol–water partition coefficient (Wildman–Crippen LogP) is 6.10. The van der Waals surface area contributed by atoms with Crippen LogP contribution in [0.5, 0.6) is 17.4 Å². The molecule has 0 aliphatic rings. The van der Waals surface area contributed by atoms with Crippen LogP contribution < -0.4 is 9.47 Å². The van der Waals surface area contributed by atoms with Gasteiger partial charge in [0.25, 0.3) is 0 Å². The lowest BCUT2D eigenvalue weighted by Crippen LogP contribution is -2.10. The van der Waals surface area contributed by atoms with Crippen LogP contribution in [0.15, 0.2) is 78.9 Å². The van der Waals surface area contributed by atoms with Crippen LogP contribution in [-0.2, 0) is 4.79 Å². The predicted molar refractivity (Wildman–Crippen MR) is 119 cm³/mol. The van der Waals surface area contributed by atoms with Crippen molar-refractivity contribution in [1.29, 1.82) is 0 Å². The van der Waals surface area contributed by atoms with Crippen LogP contribution in [0.2, 0.25) is 10.0 Å². The molecular formula is C23H16Cl2N2O4. The number of aliphatic carboxylic acids is 1. The van der Waals surface area contributed by atoms with Gasteiger partial charge in [-0.3, -0.25) is 0 Å². The summed E-state index contributed by atoms with van der Waals surface area (Å²) in [6, 6.07) is 23.6. The van der Waals surface area contributed by atoms with Gasteiger partial charge in [0, 0.05) is 16.7 Å². The summed E-state index contributed by atoms with van der Waals surface area (Å²) in [4.78, 5) is 10.9. The maximum atomic E-state index is 10.9. The molecule has 0 saturated heterocycles. The average molecular weight is 455 g/mol. The molecule has 0 saturated carbocycles. The number of ether oxygens (including phenoxy) is 2. The first-order valence-electron chi connectivity index (χ1n) is 9.23. The van der Waals surface area contributed by atoms with Gasteiger partial charge in [0.2, 0.25) is 5.88 Å². The minimum absolute atomic E-state index is 0.160. The lowest BCUT2D eigenvalue weighted by Gasteiger charge is -2.10. The lowest BCUT2D eigenvalue weighted by molar-refractivity contribution is -0.139. The SMILES string of the molecule is O=C(O)COc1cc(-c2ccc(Oc3ccccc3)cc2)n(-c2ccc(Cl)cc2Cl)n1. The summed E-state index contributed by atoms with van der Waals surface area (Å²) in [7, 11) is 0. The molecule has 31 heavy (non-hydrogen) atoms. The van der Waals surface area contributed by atoms with Crippen molar-refractivity contribution < 1.29 is 19.4 Å². The Balaban J connectivity index is 1.69. The van der Waals surface area contributed by atoms with Gasteiger partial charge in [-0.2, -0.15) is 0 Å². The number of hydrogen-bond acceptors (Lipinski definition) is 4. The first-order chi connectivity index (χ1) is 15.0. The number of carboxylic acid groups (broad SMARTS) is 1. The molecule has 1 N–H and O–H groups in total. The smallest absolute Gasteiger partial charge is 0.341 e. The third-order valence-electron chi connectivity index (χ3n) is 4.30. The van der Waals surface area contributed by atoms with Crippen molar-refractivity contribution in [3.8, 4) is 34.3 Å². The molecule has 0 spiro atoms. The maximum absolute atomic E-state index is 10.9. The number of aromatic nitrogens is 2. The van der Waals surface area contributed by atoms with Gasteiger partial charge in [-0.05, 0) is 54.6 Å². The molecule has 0 unspecified atom stereocenters. The number of nitrogens with zero attached hydrogens (tertiary/aromatic N) is 2. The zero-order valence-electron chi connectivity index (χ0n) is 16.0. The Bertz CT molecular complexity index is 1210. The maximum Gasteiger partial charge on any atom is 0.341 e. The third-order valence-corrected chi connectivity index (χ3v) is 4.84. The van der Waals surface area contributed by atoms with Crippen molar-refractivity contribution in [3.05, 3.63) is 88.9 Å². The quantitative estimate of drug-likeness (QED) is 0.365. The lowest BCUT2D eigenvalue weighted by atomic mass is 10.1. The van der Waals surface area contributed by atoms with E-state index in [0.29, 0.717) is 27.2 Å². The van der Waals surface area contributed by atoms with Crippen LogP contribution in [0.4, 0.5) is 0 Å². The molecule has 4 rings (SSSR count). The zero-order chi connectivity index (χ0) is 21.8. The van der Waals surface area contributed by atoms with E-state index in [1.807, 2.05) is 54.6 Å². The molecule has 3 aromatic carbocycles. The van der Waals surface area contributed by atoms with Crippen LogP contribution in [0.25, 0.3) is 16.9 Å². The molecule has 0 aliphatic heterocycles. The summed E-state index contributed by atoms with van der Waals surface area (Å²) >= 11 is 12.4. The highest BCUT2D eigenvalue weighted by atomic mass is 35.5. The Hall–Kier alpha value is -3.48. The van der Waals surface area contributed by atoms with Crippen molar-refractivity contribution in [1.82, 2.24) is 9.78 Å². The number of carboxylic acids is 1. The Kier molecular flexibility index (Phi) is 6.11. The van der Waals surface area contributed by atoms with E-state index in [9.17, 15) is 4.79 Å². The number of benzene rings is 3. The molecule has 8 heteroatoms. The fourth-order valence-corrected chi connectivity index (χ4v) is 3.41. The molecule has 1 heterocycles. The fourth-order valence-electron chi connectivity index (χ4n) is 2.93. The number of halogens is 2. The molecular weight excluding hydrogens is 439 g/mol. The molecule has 0 aliphatic carbocycles. The number of carbonyl (C=O) groups is 1. The van der Waals surface area contributed by atoms with Crippen molar-refractivity contribution >= 4 is 29.2 Å². The number of para-hydroxylation sites is 1. The summed E-state index contributed by atoms with van der Waals surface area (Å²) in [6.07, 6.45) is 0. The Morgan fingerprint density at radius 2 is 1.65 bits per heavy atom. The van der Waals surface area contributed by atoms with Gasteiger partial charge in [-0.25, -0.2) is 9.48 Å². The van der Waals surface area contributed by atoms with Crippen LogP contribution in [0.3, 0.4) is 0 Å². The normalized spacial score (nSPS) is 10.6. The standard InChI is InChI=1S/C23H16Cl2N2O4/c24-16-8-11-20(19(25)12-16)27-21(13-22(26-27)30-14-23(28)29)15-6-9-18(10-7-15)31-17-4-2-1-3-5-17/h1-13H,14H2,(H,28,29). The summed E-state index contributed by atoms with van der Waals surface area (Å²) in [5.74, 6) is 0.474. The third kappa shape index (κ3) is 4.99. The minimum Gasteiger partial charge on any atom is -0.479 e. The van der Waals surface area contributed by atoms with Gasteiger partial charge in [-0.15, -0.1) is 5.10 Å². The van der Waals surface area contributed by atoms with Crippen molar-refractivity contribution in [2.24, 2.45) is 0 Å². The average Bonchev–Trinajstić information content (AvgIpc) is 3.17. The summed E-state index contributed by atoms with van der Waals surface area (Å²) in [5, 5.41) is 14.2. The van der Waals surface area contributed by atoms with E-state index in [0.717, 1.165) is 11.3 Å². The van der Waals surface area contributed by atoms with Crippen LogP contribution in [-0.4, -0.2) is 27.5 Å². The topological polar surface area (TPSA) is 73.6 Å². The molecule has 6 nitrogen and oxygen atoms in total. The molecule has 0 atom stereocenters. The van der Waals surface area contributed by atoms with Gasteiger partial charge in [-0.1, -0.05) is 41.4 Å². The summed E-state index contributed by atoms with van der Waals surface area (Å²) < 4.78 is 12.7. The number of hydrogen-bond donors (Lipinski definition) is 1. The first kappa shape index (κ1) is 20.8. The van der Waals surface area contributed by atoms with E-state index in [1.165, 1.54) is 0 Å². The molecule has 1 aromatic heterocycles. The minimum atomic E-state index is -1.09. The second-order valence-corrected chi connectivity index (χ2v) is 7.34. The van der Waals surface area contributed by atoms with Crippen molar-refractivity contribution in [2.45, 2.75) is 0 Å². The van der Waals surface area contributed by atoms with E-state index in [4.69, 9.17) is 37.8 Å². The molecule has 156 valence electrons. The fraction of sp³-hybridized carbons (Fsp3) is 0.0435. The molecule has 0 radical (unpaired) electrons. The molecule has 4 aromatic rings. The van der Waals surface area contributed by atoms with Gasteiger partial charge in [0.05, 0.1) is 16.4 Å². The van der Waals surface area contributed by atoms with Gasteiger partial charge in [0.15, 0.2) is 6.61 Å². The second kappa shape index (κ2) is 9.12. The molecule has 0 amide bonds. The van der Waals surface area contributed by atoms with Crippen LogP contribution in [0, 0.1) is 0 Å².